The van der Waals surface area contributed by atoms with Crippen LogP contribution in [0.4, 0.5) is 0 Å². The zero-order chi connectivity index (χ0) is 18.1. The average molecular weight is 381 g/mol. The second kappa shape index (κ2) is 10.8. The number of sulfone groups is 2. The highest BCUT2D eigenvalue weighted by Crippen LogP contribution is 2.28. The van der Waals surface area contributed by atoms with E-state index in [0.717, 1.165) is 44.9 Å². The highest BCUT2D eigenvalue weighted by Gasteiger charge is 2.40. The van der Waals surface area contributed by atoms with Crippen molar-refractivity contribution in [1.82, 2.24) is 0 Å². The van der Waals surface area contributed by atoms with Gasteiger partial charge < -0.3 is 0 Å². The molecule has 0 saturated carbocycles. The maximum Gasteiger partial charge on any atom is 0.157 e. The van der Waals surface area contributed by atoms with Crippen LogP contribution >= 0.6 is 0 Å². The fourth-order valence-corrected chi connectivity index (χ4v) is 8.59. The molecule has 1 saturated heterocycles. The van der Waals surface area contributed by atoms with Crippen LogP contribution in [0, 0.1) is 0 Å². The summed E-state index contributed by atoms with van der Waals surface area (Å²) < 4.78 is 49.2. The number of hydrogen-bond acceptors (Lipinski definition) is 4. The molecular weight excluding hydrogens is 344 g/mol. The topological polar surface area (TPSA) is 68.3 Å². The zero-order valence-electron chi connectivity index (χ0n) is 15.5. The highest BCUT2D eigenvalue weighted by molar-refractivity contribution is 7.96. The van der Waals surface area contributed by atoms with Gasteiger partial charge in [0.05, 0.1) is 22.0 Å². The van der Waals surface area contributed by atoms with E-state index in [0.29, 0.717) is 19.3 Å². The van der Waals surface area contributed by atoms with Gasteiger partial charge in [0, 0.05) is 0 Å². The predicted molar refractivity (Wildman–Crippen MR) is 102 cm³/mol. The summed E-state index contributed by atoms with van der Waals surface area (Å²) in [7, 11) is -6.48. The van der Waals surface area contributed by atoms with E-state index in [1.807, 2.05) is 0 Å². The Morgan fingerprint density at radius 3 is 1.83 bits per heavy atom. The van der Waals surface area contributed by atoms with Gasteiger partial charge in [-0.2, -0.15) is 0 Å². The van der Waals surface area contributed by atoms with Gasteiger partial charge in [-0.15, -0.1) is 0 Å². The Morgan fingerprint density at radius 1 is 0.875 bits per heavy atom. The summed E-state index contributed by atoms with van der Waals surface area (Å²) in [6.07, 6.45) is 11.6. The number of hydrogen-bond donors (Lipinski definition) is 0. The van der Waals surface area contributed by atoms with E-state index in [1.54, 1.807) is 0 Å². The third-order valence-electron chi connectivity index (χ3n) is 5.13. The van der Waals surface area contributed by atoms with Gasteiger partial charge in [-0.1, -0.05) is 71.6 Å². The lowest BCUT2D eigenvalue weighted by atomic mass is 10.0. The quantitative estimate of drug-likeness (QED) is 0.447. The average Bonchev–Trinajstić information content (AvgIpc) is 2.90. The highest BCUT2D eigenvalue weighted by atomic mass is 32.2. The number of unbranched alkanes of at least 4 members (excludes halogenated alkanes) is 7. The van der Waals surface area contributed by atoms with E-state index < -0.39 is 24.9 Å². The Balaban J connectivity index is 2.63. The van der Waals surface area contributed by atoms with E-state index in [9.17, 15) is 16.8 Å². The maximum absolute atomic E-state index is 12.9. The van der Waals surface area contributed by atoms with Crippen molar-refractivity contribution < 1.29 is 16.8 Å². The molecule has 2 unspecified atom stereocenters. The van der Waals surface area contributed by atoms with Crippen LogP contribution in [-0.2, 0) is 19.7 Å². The smallest absolute Gasteiger partial charge is 0.157 e. The Morgan fingerprint density at radius 2 is 1.38 bits per heavy atom. The Labute approximate surface area is 149 Å². The minimum atomic E-state index is -3.33. The summed E-state index contributed by atoms with van der Waals surface area (Å²) in [6, 6.07) is 0. The second-order valence-electron chi connectivity index (χ2n) is 7.29. The predicted octanol–water partition coefficient (Wildman–Crippen LogP) is 4.29. The summed E-state index contributed by atoms with van der Waals surface area (Å²) in [6.45, 7) is 4.31. The van der Waals surface area contributed by atoms with E-state index in [-0.39, 0.29) is 16.8 Å². The number of rotatable bonds is 13. The summed E-state index contributed by atoms with van der Waals surface area (Å²) in [5.41, 5.74) is 0. The summed E-state index contributed by atoms with van der Waals surface area (Å²) in [5.74, 6) is -0.118. The van der Waals surface area contributed by atoms with Crippen molar-refractivity contribution in [3.63, 3.8) is 0 Å². The first-order valence-corrected chi connectivity index (χ1v) is 13.2. The van der Waals surface area contributed by atoms with Crippen LogP contribution in [0.2, 0.25) is 0 Å². The molecule has 0 aromatic carbocycles. The monoisotopic (exact) mass is 380 g/mol. The van der Waals surface area contributed by atoms with Gasteiger partial charge in [-0.05, 0) is 19.3 Å². The first kappa shape index (κ1) is 21.9. The molecule has 24 heavy (non-hydrogen) atoms. The molecule has 1 aliphatic rings. The van der Waals surface area contributed by atoms with Gasteiger partial charge in [0.1, 0.15) is 0 Å². The summed E-state index contributed by atoms with van der Waals surface area (Å²) >= 11 is 0. The van der Waals surface area contributed by atoms with Crippen molar-refractivity contribution in [1.29, 1.82) is 0 Å². The SMILES string of the molecule is CCCCCCCC(CCCCCC)S(=O)(=O)C1CCS(=O)(=O)C1. The Bertz CT molecular complexity index is 537. The minimum absolute atomic E-state index is 0.0377. The first-order valence-electron chi connectivity index (χ1n) is 9.76. The molecule has 0 bridgehead atoms. The van der Waals surface area contributed by atoms with Crippen LogP contribution in [-0.4, -0.2) is 38.8 Å². The van der Waals surface area contributed by atoms with Crippen molar-refractivity contribution in [2.24, 2.45) is 0 Å². The van der Waals surface area contributed by atoms with E-state index in [2.05, 4.69) is 13.8 Å². The van der Waals surface area contributed by atoms with Gasteiger partial charge in [0.2, 0.25) is 0 Å². The molecule has 0 N–H and O–H groups in total. The van der Waals surface area contributed by atoms with Crippen LogP contribution < -0.4 is 0 Å². The normalized spacial score (nSPS) is 21.8. The fraction of sp³-hybridized carbons (Fsp3) is 1.00. The first-order chi connectivity index (χ1) is 11.3. The lowest BCUT2D eigenvalue weighted by Gasteiger charge is -2.21. The maximum atomic E-state index is 12.9. The third kappa shape index (κ3) is 7.42. The molecule has 2 atom stereocenters. The molecule has 144 valence electrons. The molecule has 0 aliphatic carbocycles. The molecule has 0 amide bonds. The van der Waals surface area contributed by atoms with Crippen LogP contribution in [0.15, 0.2) is 0 Å². The molecule has 6 heteroatoms. The third-order valence-corrected chi connectivity index (χ3v) is 9.84. The second-order valence-corrected chi connectivity index (χ2v) is 12.0. The molecular formula is C18H36O4S2. The standard InChI is InChI=1S/C18H36O4S2/c1-3-5-7-9-11-13-17(12-10-8-6-4-2)24(21,22)18-14-15-23(19,20)16-18/h17-18H,3-16H2,1-2H3. The van der Waals surface area contributed by atoms with E-state index in [1.165, 1.54) is 12.8 Å². The van der Waals surface area contributed by atoms with Crippen molar-refractivity contribution >= 4 is 19.7 Å². The van der Waals surface area contributed by atoms with Gasteiger partial charge in [-0.3, -0.25) is 0 Å². The van der Waals surface area contributed by atoms with Crippen molar-refractivity contribution in [2.75, 3.05) is 11.5 Å². The van der Waals surface area contributed by atoms with Gasteiger partial charge in [0.25, 0.3) is 0 Å². The minimum Gasteiger partial charge on any atom is -0.229 e. The van der Waals surface area contributed by atoms with Gasteiger partial charge in [0.15, 0.2) is 19.7 Å². The van der Waals surface area contributed by atoms with Crippen LogP contribution in [0.25, 0.3) is 0 Å². The van der Waals surface area contributed by atoms with Crippen LogP contribution in [0.5, 0.6) is 0 Å². The molecule has 4 nitrogen and oxygen atoms in total. The largest absolute Gasteiger partial charge is 0.229 e. The van der Waals surface area contributed by atoms with Crippen LogP contribution in [0.3, 0.4) is 0 Å². The Hall–Kier alpha value is -0.100. The summed E-state index contributed by atoms with van der Waals surface area (Å²) in [5, 5.41) is -0.997. The van der Waals surface area contributed by atoms with Crippen LogP contribution in [0.1, 0.15) is 90.9 Å². The van der Waals surface area contributed by atoms with Crippen molar-refractivity contribution in [2.45, 2.75) is 101 Å². The molecule has 1 rings (SSSR count). The zero-order valence-corrected chi connectivity index (χ0v) is 17.1. The summed E-state index contributed by atoms with van der Waals surface area (Å²) in [4.78, 5) is 0. The molecule has 0 aromatic rings. The fourth-order valence-electron chi connectivity index (χ4n) is 3.54. The molecule has 1 fully saturated rings. The molecule has 0 spiro atoms. The molecule has 0 aromatic heterocycles. The van der Waals surface area contributed by atoms with Gasteiger partial charge >= 0.3 is 0 Å². The van der Waals surface area contributed by atoms with E-state index in [4.69, 9.17) is 0 Å². The van der Waals surface area contributed by atoms with E-state index >= 15 is 0 Å². The van der Waals surface area contributed by atoms with Gasteiger partial charge in [-0.25, -0.2) is 16.8 Å². The Kier molecular flexibility index (Phi) is 9.87. The molecule has 0 radical (unpaired) electrons. The lowest BCUT2D eigenvalue weighted by molar-refractivity contribution is 0.512. The van der Waals surface area contributed by atoms with Crippen molar-refractivity contribution in [3.8, 4) is 0 Å². The lowest BCUT2D eigenvalue weighted by Crippen LogP contribution is -2.33. The van der Waals surface area contributed by atoms with Crippen molar-refractivity contribution in [3.05, 3.63) is 0 Å². The molecule has 1 aliphatic heterocycles. The molecule has 1 heterocycles.